The Morgan fingerprint density at radius 2 is 2.04 bits per heavy atom. The lowest BCUT2D eigenvalue weighted by atomic mass is 10.0. The van der Waals surface area contributed by atoms with Crippen molar-refractivity contribution in [2.24, 2.45) is 4.99 Å². The van der Waals surface area contributed by atoms with E-state index in [1.807, 2.05) is 13.0 Å². The molecule has 2 rings (SSSR count). The van der Waals surface area contributed by atoms with Crippen molar-refractivity contribution >= 4 is 41.7 Å². The molecule has 0 saturated carbocycles. The number of furan rings is 1. The van der Waals surface area contributed by atoms with E-state index in [-0.39, 0.29) is 36.3 Å². The lowest BCUT2D eigenvalue weighted by Gasteiger charge is -2.19. The van der Waals surface area contributed by atoms with E-state index in [9.17, 15) is 9.50 Å². The van der Waals surface area contributed by atoms with Gasteiger partial charge in [0.1, 0.15) is 17.2 Å². The van der Waals surface area contributed by atoms with Crippen molar-refractivity contribution in [3.05, 3.63) is 59.8 Å². The molecule has 0 fully saturated rings. The first kappa shape index (κ1) is 23.8. The number of thioether (sulfide) groups is 1. The largest absolute Gasteiger partial charge is 0.466 e. The third-order valence-electron chi connectivity index (χ3n) is 3.70. The Morgan fingerprint density at radius 1 is 1.26 bits per heavy atom. The molecule has 27 heavy (non-hydrogen) atoms. The van der Waals surface area contributed by atoms with Gasteiger partial charge in [0.2, 0.25) is 0 Å². The average molecular weight is 507 g/mol. The van der Waals surface area contributed by atoms with E-state index in [1.165, 1.54) is 12.3 Å². The topological polar surface area (TPSA) is 69.8 Å². The van der Waals surface area contributed by atoms with E-state index in [0.717, 1.165) is 12.3 Å². The monoisotopic (exact) mass is 507 g/mol. The Kier molecular flexibility index (Phi) is 10.8. The van der Waals surface area contributed by atoms with E-state index in [2.05, 4.69) is 15.6 Å². The zero-order chi connectivity index (χ0) is 18.8. The van der Waals surface area contributed by atoms with Gasteiger partial charge >= 0.3 is 0 Å². The van der Waals surface area contributed by atoms with Crippen LogP contribution in [0.25, 0.3) is 0 Å². The van der Waals surface area contributed by atoms with Gasteiger partial charge in [0.05, 0.1) is 12.8 Å². The molecule has 0 bridgehead atoms. The smallest absolute Gasteiger partial charge is 0.191 e. The van der Waals surface area contributed by atoms with Crippen molar-refractivity contribution in [3.8, 4) is 0 Å². The highest BCUT2D eigenvalue weighted by Gasteiger charge is 2.25. The third kappa shape index (κ3) is 8.10. The molecule has 150 valence electrons. The minimum absolute atomic E-state index is 0. The van der Waals surface area contributed by atoms with Crippen LogP contribution in [0.15, 0.2) is 52.1 Å². The molecule has 1 heterocycles. The molecule has 8 heteroatoms. The van der Waals surface area contributed by atoms with Crippen LogP contribution < -0.4 is 10.6 Å². The number of nitrogens with one attached hydrogen (secondary N) is 2. The minimum atomic E-state index is -1.16. The Hall–Kier alpha value is -1.26. The van der Waals surface area contributed by atoms with Crippen LogP contribution in [0.5, 0.6) is 0 Å². The number of aliphatic hydroxyl groups is 1. The van der Waals surface area contributed by atoms with Crippen molar-refractivity contribution < 1.29 is 13.9 Å². The van der Waals surface area contributed by atoms with Crippen LogP contribution in [0.3, 0.4) is 0 Å². The van der Waals surface area contributed by atoms with Gasteiger partial charge in [-0.1, -0.05) is 18.2 Å². The summed E-state index contributed by atoms with van der Waals surface area (Å²) in [6, 6.07) is 10.3. The van der Waals surface area contributed by atoms with Gasteiger partial charge in [-0.3, -0.25) is 0 Å². The van der Waals surface area contributed by atoms with Crippen LogP contribution in [0.2, 0.25) is 0 Å². The second-order valence-corrected chi connectivity index (χ2v) is 7.12. The maximum absolute atomic E-state index is 13.6. The lowest BCUT2D eigenvalue weighted by Crippen LogP contribution is -2.39. The highest BCUT2D eigenvalue weighted by Crippen LogP contribution is 2.21. The first-order valence-corrected chi connectivity index (χ1v) is 9.78. The minimum Gasteiger partial charge on any atom is -0.466 e. The number of hydrogen-bond acceptors (Lipinski definition) is 4. The Labute approximate surface area is 181 Å². The molecule has 0 aliphatic heterocycles. The second-order valence-electron chi connectivity index (χ2n) is 6.02. The molecule has 0 spiro atoms. The van der Waals surface area contributed by atoms with E-state index in [4.69, 9.17) is 4.42 Å². The van der Waals surface area contributed by atoms with Gasteiger partial charge in [-0.15, -0.1) is 24.0 Å². The molecule has 1 unspecified atom stereocenters. The molecule has 1 aromatic carbocycles. The first-order valence-electron chi connectivity index (χ1n) is 8.62. The summed E-state index contributed by atoms with van der Waals surface area (Å²) in [4.78, 5) is 4.43. The normalized spacial score (nSPS) is 13.6. The molecule has 0 radical (unpaired) electrons. The molecule has 0 saturated heterocycles. The Morgan fingerprint density at radius 3 is 2.70 bits per heavy atom. The summed E-state index contributed by atoms with van der Waals surface area (Å²) in [5.74, 6) is 2.40. The van der Waals surface area contributed by atoms with Crippen LogP contribution in [0, 0.1) is 5.82 Å². The van der Waals surface area contributed by atoms with E-state index >= 15 is 0 Å². The maximum Gasteiger partial charge on any atom is 0.191 e. The van der Waals surface area contributed by atoms with Crippen molar-refractivity contribution in [2.75, 3.05) is 25.4 Å². The SMILES string of the molecule is CCNC(=NCC(C)(O)c1ccco1)NCCSCc1ccccc1F.I. The second kappa shape index (κ2) is 12.2. The van der Waals surface area contributed by atoms with Crippen LogP contribution >= 0.6 is 35.7 Å². The summed E-state index contributed by atoms with van der Waals surface area (Å²) in [5, 5.41) is 16.8. The molecule has 5 nitrogen and oxygen atoms in total. The quantitative estimate of drug-likeness (QED) is 0.209. The molecule has 0 aliphatic carbocycles. The van der Waals surface area contributed by atoms with Gasteiger partial charge in [0.15, 0.2) is 5.96 Å². The average Bonchev–Trinajstić information content (AvgIpc) is 3.16. The van der Waals surface area contributed by atoms with Crippen molar-refractivity contribution in [2.45, 2.75) is 25.2 Å². The molecule has 3 N–H and O–H groups in total. The zero-order valence-corrected chi connectivity index (χ0v) is 18.7. The van der Waals surface area contributed by atoms with Gasteiger partial charge in [0, 0.05) is 24.6 Å². The zero-order valence-electron chi connectivity index (χ0n) is 15.6. The summed E-state index contributed by atoms with van der Waals surface area (Å²) >= 11 is 1.65. The van der Waals surface area contributed by atoms with Crippen LogP contribution in [-0.2, 0) is 11.4 Å². The number of nitrogens with zero attached hydrogens (tertiary/aromatic N) is 1. The Bertz CT molecular complexity index is 696. The predicted octanol–water partition coefficient (Wildman–Crippen LogP) is 3.73. The van der Waals surface area contributed by atoms with Crippen LogP contribution in [0.1, 0.15) is 25.2 Å². The fourth-order valence-corrected chi connectivity index (χ4v) is 3.12. The maximum atomic E-state index is 13.6. The number of hydrogen-bond donors (Lipinski definition) is 3. The van der Waals surface area contributed by atoms with Crippen LogP contribution in [0.4, 0.5) is 4.39 Å². The Balaban J connectivity index is 0.00000364. The molecule has 0 aliphatic rings. The van der Waals surface area contributed by atoms with E-state index in [0.29, 0.717) is 29.6 Å². The van der Waals surface area contributed by atoms with Crippen molar-refractivity contribution in [3.63, 3.8) is 0 Å². The standard InChI is InChI=1S/C19H26FN3O2S.HI/c1-3-21-18(23-14-19(2,24)17-9-6-11-25-17)22-10-12-26-13-15-7-4-5-8-16(15)20;/h4-9,11,24H,3,10,12-14H2,1-2H3,(H2,21,22,23);1H. The summed E-state index contributed by atoms with van der Waals surface area (Å²) in [6.07, 6.45) is 1.53. The van der Waals surface area contributed by atoms with Gasteiger partial charge in [0.25, 0.3) is 0 Å². The van der Waals surface area contributed by atoms with Crippen LogP contribution in [-0.4, -0.2) is 36.5 Å². The van der Waals surface area contributed by atoms with E-state index < -0.39 is 5.60 Å². The summed E-state index contributed by atoms with van der Waals surface area (Å²) in [6.45, 7) is 5.24. The summed E-state index contributed by atoms with van der Waals surface area (Å²) in [5.41, 5.74) is -0.446. The molecular weight excluding hydrogens is 480 g/mol. The van der Waals surface area contributed by atoms with Gasteiger partial charge < -0.3 is 20.2 Å². The van der Waals surface area contributed by atoms with Gasteiger partial charge in [-0.2, -0.15) is 11.8 Å². The lowest BCUT2D eigenvalue weighted by molar-refractivity contribution is 0.0437. The summed E-state index contributed by atoms with van der Waals surface area (Å²) in [7, 11) is 0. The number of rotatable bonds is 9. The number of aliphatic imine (C=N–C) groups is 1. The number of benzene rings is 1. The predicted molar refractivity (Wildman–Crippen MR) is 120 cm³/mol. The number of halogens is 2. The first-order chi connectivity index (χ1) is 12.5. The van der Waals surface area contributed by atoms with Crippen molar-refractivity contribution in [1.29, 1.82) is 0 Å². The number of guanidine groups is 1. The van der Waals surface area contributed by atoms with Gasteiger partial charge in [-0.25, -0.2) is 9.38 Å². The highest BCUT2D eigenvalue weighted by atomic mass is 127. The highest BCUT2D eigenvalue weighted by molar-refractivity contribution is 14.0. The molecule has 1 atom stereocenters. The van der Waals surface area contributed by atoms with Crippen molar-refractivity contribution in [1.82, 2.24) is 10.6 Å². The molecule has 1 aromatic heterocycles. The molecule has 0 amide bonds. The van der Waals surface area contributed by atoms with E-state index in [1.54, 1.807) is 43.0 Å². The summed E-state index contributed by atoms with van der Waals surface area (Å²) < 4.78 is 18.8. The fourth-order valence-electron chi connectivity index (χ4n) is 2.28. The molecular formula is C19H27FIN3O2S. The fraction of sp³-hybridized carbons (Fsp3) is 0.421. The molecule has 2 aromatic rings. The van der Waals surface area contributed by atoms with Gasteiger partial charge in [-0.05, 0) is 37.6 Å². The third-order valence-corrected chi connectivity index (χ3v) is 4.70.